The Balaban J connectivity index is 2.08. The lowest BCUT2D eigenvalue weighted by Gasteiger charge is -2.31. The molecule has 0 saturated carbocycles. The predicted molar refractivity (Wildman–Crippen MR) is 72.3 cm³/mol. The van der Waals surface area contributed by atoms with Gasteiger partial charge in [0.1, 0.15) is 0 Å². The molecule has 3 rings (SSSR count). The van der Waals surface area contributed by atoms with Gasteiger partial charge in [-0.05, 0) is 36.8 Å². The van der Waals surface area contributed by atoms with Gasteiger partial charge in [0.15, 0.2) is 0 Å². The Hall–Kier alpha value is -1.45. The number of hydrogen-bond acceptors (Lipinski definition) is 3. The van der Waals surface area contributed by atoms with E-state index in [1.165, 1.54) is 5.39 Å². The van der Waals surface area contributed by atoms with Gasteiger partial charge in [-0.25, -0.2) is 0 Å². The minimum Gasteiger partial charge on any atom is -0.373 e. The molecule has 0 amide bonds. The van der Waals surface area contributed by atoms with E-state index in [1.54, 1.807) is 0 Å². The zero-order chi connectivity index (χ0) is 12.6. The van der Waals surface area contributed by atoms with E-state index in [0.29, 0.717) is 0 Å². The summed E-state index contributed by atoms with van der Waals surface area (Å²) in [7, 11) is 0. The first-order valence-corrected chi connectivity index (χ1v) is 6.43. The van der Waals surface area contributed by atoms with E-state index in [4.69, 9.17) is 10.5 Å². The maximum atomic E-state index is 6.45. The van der Waals surface area contributed by atoms with Crippen molar-refractivity contribution in [2.75, 3.05) is 6.61 Å². The minimum atomic E-state index is -0.246. The summed E-state index contributed by atoms with van der Waals surface area (Å²) in [5.41, 5.74) is 7.33. The van der Waals surface area contributed by atoms with Crippen molar-refractivity contribution in [2.45, 2.75) is 31.4 Å². The van der Waals surface area contributed by atoms with Crippen LogP contribution in [0.15, 0.2) is 36.7 Å². The molecule has 1 saturated heterocycles. The van der Waals surface area contributed by atoms with Crippen molar-refractivity contribution in [3.05, 3.63) is 42.2 Å². The van der Waals surface area contributed by atoms with Gasteiger partial charge in [-0.15, -0.1) is 0 Å². The number of benzene rings is 1. The highest BCUT2D eigenvalue weighted by atomic mass is 16.5. The van der Waals surface area contributed by atoms with Crippen LogP contribution in [0.1, 0.15) is 31.4 Å². The molecule has 3 heteroatoms. The number of aromatic nitrogens is 1. The standard InChI is InChI=1S/C15H18N2O/c1-15(7-3-9-18-15)14(16)12-5-2-4-11-6-8-17-10-13(11)12/h2,4-6,8,10,14H,3,7,9,16H2,1H3. The van der Waals surface area contributed by atoms with Crippen molar-refractivity contribution in [3.8, 4) is 0 Å². The maximum absolute atomic E-state index is 6.45. The normalized spacial score (nSPS) is 25.4. The molecule has 18 heavy (non-hydrogen) atoms. The predicted octanol–water partition coefficient (Wildman–Crippen LogP) is 2.80. The Morgan fingerprint density at radius 3 is 3.06 bits per heavy atom. The molecule has 2 aromatic rings. The highest BCUT2D eigenvalue weighted by molar-refractivity contribution is 5.85. The van der Waals surface area contributed by atoms with Crippen LogP contribution in [0.5, 0.6) is 0 Å². The first-order chi connectivity index (χ1) is 8.71. The second-order valence-electron chi connectivity index (χ2n) is 5.19. The Morgan fingerprint density at radius 1 is 1.39 bits per heavy atom. The zero-order valence-corrected chi connectivity index (χ0v) is 10.6. The number of fused-ring (bicyclic) bond motifs is 1. The first-order valence-electron chi connectivity index (χ1n) is 6.43. The largest absolute Gasteiger partial charge is 0.373 e. The second-order valence-corrected chi connectivity index (χ2v) is 5.19. The molecule has 1 fully saturated rings. The fourth-order valence-electron chi connectivity index (χ4n) is 2.78. The molecule has 0 bridgehead atoms. The minimum absolute atomic E-state index is 0.104. The van der Waals surface area contributed by atoms with Gasteiger partial charge in [-0.1, -0.05) is 18.2 Å². The molecule has 0 aliphatic carbocycles. The van der Waals surface area contributed by atoms with Crippen molar-refractivity contribution in [3.63, 3.8) is 0 Å². The third kappa shape index (κ3) is 1.80. The van der Waals surface area contributed by atoms with Gasteiger partial charge in [-0.3, -0.25) is 4.98 Å². The number of ether oxygens (including phenoxy) is 1. The topological polar surface area (TPSA) is 48.1 Å². The number of nitrogens with zero attached hydrogens (tertiary/aromatic N) is 1. The molecule has 2 heterocycles. The van der Waals surface area contributed by atoms with Crippen molar-refractivity contribution in [2.24, 2.45) is 5.73 Å². The van der Waals surface area contributed by atoms with E-state index < -0.39 is 0 Å². The number of pyridine rings is 1. The molecule has 1 aliphatic rings. The summed E-state index contributed by atoms with van der Waals surface area (Å²) >= 11 is 0. The average molecular weight is 242 g/mol. The van der Waals surface area contributed by atoms with E-state index in [-0.39, 0.29) is 11.6 Å². The summed E-state index contributed by atoms with van der Waals surface area (Å²) in [6.45, 7) is 2.92. The third-order valence-corrected chi connectivity index (χ3v) is 3.96. The van der Waals surface area contributed by atoms with E-state index in [1.807, 2.05) is 18.5 Å². The van der Waals surface area contributed by atoms with Crippen LogP contribution in [0.3, 0.4) is 0 Å². The molecule has 1 aliphatic heterocycles. The van der Waals surface area contributed by atoms with E-state index in [0.717, 1.165) is 30.4 Å². The highest BCUT2D eigenvalue weighted by Gasteiger charge is 2.37. The molecule has 1 aromatic carbocycles. The summed E-state index contributed by atoms with van der Waals surface area (Å²) in [4.78, 5) is 4.21. The summed E-state index contributed by atoms with van der Waals surface area (Å²) in [6, 6.07) is 8.14. The van der Waals surface area contributed by atoms with Gasteiger partial charge in [0.05, 0.1) is 11.6 Å². The second kappa shape index (κ2) is 4.34. The Morgan fingerprint density at radius 2 is 2.28 bits per heavy atom. The Kier molecular flexibility index (Phi) is 2.80. The first kappa shape index (κ1) is 11.6. The molecular formula is C15H18N2O. The van der Waals surface area contributed by atoms with Crippen molar-refractivity contribution >= 4 is 10.8 Å². The lowest BCUT2D eigenvalue weighted by atomic mass is 9.86. The SMILES string of the molecule is CC1(C(N)c2cccc3ccncc23)CCCO1. The van der Waals surface area contributed by atoms with Gasteiger partial charge >= 0.3 is 0 Å². The Labute approximate surface area is 107 Å². The molecule has 2 unspecified atom stereocenters. The molecule has 94 valence electrons. The number of rotatable bonds is 2. The Bertz CT molecular complexity index is 556. The number of nitrogens with two attached hydrogens (primary N) is 1. The fraction of sp³-hybridized carbons (Fsp3) is 0.400. The van der Waals surface area contributed by atoms with Crippen LogP contribution in [0.4, 0.5) is 0 Å². The van der Waals surface area contributed by atoms with Gasteiger partial charge < -0.3 is 10.5 Å². The zero-order valence-electron chi connectivity index (χ0n) is 10.6. The smallest absolute Gasteiger partial charge is 0.0847 e. The van der Waals surface area contributed by atoms with E-state index in [9.17, 15) is 0 Å². The molecule has 2 N–H and O–H groups in total. The van der Waals surface area contributed by atoms with Gasteiger partial charge in [0, 0.05) is 24.4 Å². The molecule has 1 aromatic heterocycles. The van der Waals surface area contributed by atoms with Gasteiger partial charge in [-0.2, -0.15) is 0 Å². The van der Waals surface area contributed by atoms with Crippen molar-refractivity contribution < 1.29 is 4.74 Å². The summed E-state index contributed by atoms with van der Waals surface area (Å²) in [5.74, 6) is 0. The van der Waals surface area contributed by atoms with E-state index in [2.05, 4.69) is 30.1 Å². The summed E-state index contributed by atoms with van der Waals surface area (Å²) in [5, 5.41) is 2.31. The van der Waals surface area contributed by atoms with E-state index >= 15 is 0 Å². The molecular weight excluding hydrogens is 224 g/mol. The molecule has 3 nitrogen and oxygen atoms in total. The van der Waals surface area contributed by atoms with Crippen molar-refractivity contribution in [1.29, 1.82) is 0 Å². The monoisotopic (exact) mass is 242 g/mol. The van der Waals surface area contributed by atoms with Crippen LogP contribution in [0.25, 0.3) is 10.8 Å². The lowest BCUT2D eigenvalue weighted by Crippen LogP contribution is -2.37. The van der Waals surface area contributed by atoms with Crippen LogP contribution in [-0.4, -0.2) is 17.2 Å². The van der Waals surface area contributed by atoms with Crippen LogP contribution < -0.4 is 5.73 Å². The molecule has 0 spiro atoms. The van der Waals surface area contributed by atoms with Gasteiger partial charge in [0.25, 0.3) is 0 Å². The quantitative estimate of drug-likeness (QED) is 0.881. The number of hydrogen-bond donors (Lipinski definition) is 1. The van der Waals surface area contributed by atoms with Crippen LogP contribution in [0, 0.1) is 0 Å². The lowest BCUT2D eigenvalue weighted by molar-refractivity contribution is -0.00139. The summed E-state index contributed by atoms with van der Waals surface area (Å²) < 4.78 is 5.86. The molecule has 0 radical (unpaired) electrons. The van der Waals surface area contributed by atoms with Crippen molar-refractivity contribution in [1.82, 2.24) is 4.98 Å². The summed E-state index contributed by atoms with van der Waals surface area (Å²) in [6.07, 6.45) is 5.81. The van der Waals surface area contributed by atoms with Gasteiger partial charge in [0.2, 0.25) is 0 Å². The van der Waals surface area contributed by atoms with Crippen LogP contribution in [-0.2, 0) is 4.74 Å². The van der Waals surface area contributed by atoms with Crippen LogP contribution >= 0.6 is 0 Å². The third-order valence-electron chi connectivity index (χ3n) is 3.96. The highest BCUT2D eigenvalue weighted by Crippen LogP contribution is 2.37. The maximum Gasteiger partial charge on any atom is 0.0847 e. The molecule has 2 atom stereocenters. The fourth-order valence-corrected chi connectivity index (χ4v) is 2.78. The average Bonchev–Trinajstić information content (AvgIpc) is 2.85. The van der Waals surface area contributed by atoms with Crippen LogP contribution in [0.2, 0.25) is 0 Å².